The van der Waals surface area contributed by atoms with Gasteiger partial charge in [0.1, 0.15) is 5.15 Å². The van der Waals surface area contributed by atoms with Gasteiger partial charge in [-0.25, -0.2) is 9.97 Å². The summed E-state index contributed by atoms with van der Waals surface area (Å²) in [6.07, 6.45) is 3.41. The minimum Gasteiger partial charge on any atom is -0.345 e. The van der Waals surface area contributed by atoms with Gasteiger partial charge in [0.05, 0.1) is 5.56 Å². The number of benzene rings is 1. The largest absolute Gasteiger partial charge is 0.345 e. The van der Waals surface area contributed by atoms with Crippen molar-refractivity contribution in [3.8, 4) is 11.4 Å². The maximum atomic E-state index is 6.22. The molecule has 0 saturated heterocycles. The van der Waals surface area contributed by atoms with E-state index >= 15 is 0 Å². The molecular weight excluding hydrogens is 302 g/mol. The van der Waals surface area contributed by atoms with Crippen LogP contribution in [0.5, 0.6) is 0 Å². The van der Waals surface area contributed by atoms with Crippen molar-refractivity contribution in [1.29, 1.82) is 0 Å². The Morgan fingerprint density at radius 3 is 2.65 bits per heavy atom. The molecule has 0 atom stereocenters. The average molecular weight is 309 g/mol. The van der Waals surface area contributed by atoms with Crippen molar-refractivity contribution in [1.82, 2.24) is 15.0 Å². The zero-order valence-corrected chi connectivity index (χ0v) is 11.0. The highest BCUT2D eigenvalue weighted by Gasteiger charge is 2.15. The fourth-order valence-corrected chi connectivity index (χ4v) is 2.66. The van der Waals surface area contributed by atoms with Gasteiger partial charge in [-0.2, -0.15) is 0 Å². The topological polar surface area (TPSA) is 41.6 Å². The second-order valence-electron chi connectivity index (χ2n) is 3.55. The third kappa shape index (κ3) is 1.73. The normalized spacial score (nSPS) is 10.9. The van der Waals surface area contributed by atoms with Crippen LogP contribution in [0.25, 0.3) is 22.3 Å². The molecular formula is C12H7BrClN3. The number of nitrogens with zero attached hydrogens (tertiary/aromatic N) is 2. The molecule has 1 aromatic carbocycles. The lowest BCUT2D eigenvalue weighted by molar-refractivity contribution is 1.18. The highest BCUT2D eigenvalue weighted by Crippen LogP contribution is 2.37. The van der Waals surface area contributed by atoms with Gasteiger partial charge in [0.2, 0.25) is 0 Å². The van der Waals surface area contributed by atoms with Gasteiger partial charge < -0.3 is 4.98 Å². The number of aromatic nitrogens is 3. The first-order valence-electron chi connectivity index (χ1n) is 5.00. The monoisotopic (exact) mass is 307 g/mol. The molecule has 2 heterocycles. The lowest BCUT2D eigenvalue weighted by atomic mass is 10.1. The van der Waals surface area contributed by atoms with Crippen molar-refractivity contribution < 1.29 is 0 Å². The van der Waals surface area contributed by atoms with E-state index in [9.17, 15) is 0 Å². The lowest BCUT2D eigenvalue weighted by Crippen LogP contribution is -1.86. The van der Waals surface area contributed by atoms with Gasteiger partial charge in [-0.3, -0.25) is 0 Å². The molecule has 0 unspecified atom stereocenters. The zero-order chi connectivity index (χ0) is 11.8. The van der Waals surface area contributed by atoms with Crippen LogP contribution in [-0.2, 0) is 0 Å². The van der Waals surface area contributed by atoms with E-state index in [4.69, 9.17) is 11.6 Å². The Balaban J connectivity index is 2.40. The van der Waals surface area contributed by atoms with Crippen molar-refractivity contribution >= 4 is 38.4 Å². The van der Waals surface area contributed by atoms with E-state index in [1.54, 1.807) is 18.5 Å². The van der Waals surface area contributed by atoms with Crippen LogP contribution in [0.1, 0.15) is 0 Å². The van der Waals surface area contributed by atoms with Crippen LogP contribution in [0, 0.1) is 0 Å². The molecule has 0 amide bonds. The number of halogens is 2. The molecule has 0 bridgehead atoms. The summed E-state index contributed by atoms with van der Waals surface area (Å²) in [6, 6.07) is 7.67. The summed E-state index contributed by atoms with van der Waals surface area (Å²) in [5.74, 6) is 0.621. The molecule has 17 heavy (non-hydrogen) atoms. The molecule has 1 N–H and O–H groups in total. The molecule has 0 fully saturated rings. The summed E-state index contributed by atoms with van der Waals surface area (Å²) in [5, 5.41) is 1.56. The number of hydrogen-bond acceptors (Lipinski definition) is 2. The number of aromatic amines is 1. The number of fused-ring (bicyclic) bond motifs is 1. The van der Waals surface area contributed by atoms with Crippen molar-refractivity contribution in [2.45, 2.75) is 0 Å². The molecule has 84 valence electrons. The van der Waals surface area contributed by atoms with Crippen molar-refractivity contribution in [2.24, 2.45) is 0 Å². The van der Waals surface area contributed by atoms with Crippen molar-refractivity contribution in [3.05, 3.63) is 46.3 Å². The van der Waals surface area contributed by atoms with E-state index in [0.717, 1.165) is 20.9 Å². The van der Waals surface area contributed by atoms with E-state index < -0.39 is 0 Å². The molecule has 0 saturated carbocycles. The van der Waals surface area contributed by atoms with E-state index in [2.05, 4.69) is 30.9 Å². The van der Waals surface area contributed by atoms with Crippen LogP contribution in [0.3, 0.4) is 0 Å². The number of hydrogen-bond donors (Lipinski definition) is 1. The van der Waals surface area contributed by atoms with E-state index in [-0.39, 0.29) is 0 Å². The summed E-state index contributed by atoms with van der Waals surface area (Å²) in [5.41, 5.74) is 1.79. The molecule has 5 heteroatoms. The Kier molecular flexibility index (Phi) is 2.61. The number of nitrogens with one attached hydrogen (secondary N) is 1. The first-order valence-corrected chi connectivity index (χ1v) is 6.17. The van der Waals surface area contributed by atoms with Crippen LogP contribution in [-0.4, -0.2) is 15.0 Å². The van der Waals surface area contributed by atoms with Crippen LogP contribution < -0.4 is 0 Å². The third-order valence-corrected chi connectivity index (χ3v) is 3.46. The summed E-state index contributed by atoms with van der Waals surface area (Å²) >= 11 is 9.74. The van der Waals surface area contributed by atoms with Crippen molar-refractivity contribution in [3.63, 3.8) is 0 Å². The highest BCUT2D eigenvalue weighted by molar-refractivity contribution is 9.10. The molecule has 0 aliphatic heterocycles. The fraction of sp³-hybridized carbons (Fsp3) is 0. The first-order chi connectivity index (χ1) is 8.27. The predicted octanol–water partition coefficient (Wildman–Crippen LogP) is 4.04. The molecule has 3 rings (SSSR count). The van der Waals surface area contributed by atoms with Gasteiger partial charge in [0.15, 0.2) is 5.82 Å². The summed E-state index contributed by atoms with van der Waals surface area (Å²) in [7, 11) is 0. The molecule has 0 radical (unpaired) electrons. The average Bonchev–Trinajstić information content (AvgIpc) is 2.68. The summed E-state index contributed by atoms with van der Waals surface area (Å²) < 4.78 is 0.973. The van der Waals surface area contributed by atoms with Crippen LogP contribution in [0.4, 0.5) is 0 Å². The zero-order valence-electron chi connectivity index (χ0n) is 8.61. The van der Waals surface area contributed by atoms with Crippen LogP contribution >= 0.6 is 27.5 Å². The van der Waals surface area contributed by atoms with Gasteiger partial charge >= 0.3 is 0 Å². The molecule has 0 aliphatic carbocycles. The highest BCUT2D eigenvalue weighted by atomic mass is 79.9. The Morgan fingerprint density at radius 1 is 1.12 bits per heavy atom. The number of H-pyrrole nitrogens is 1. The lowest BCUT2D eigenvalue weighted by Gasteiger charge is -1.99. The Morgan fingerprint density at radius 2 is 1.88 bits per heavy atom. The van der Waals surface area contributed by atoms with Crippen LogP contribution in [0.2, 0.25) is 5.15 Å². The molecule has 2 aromatic heterocycles. The Hall–Kier alpha value is -1.39. The summed E-state index contributed by atoms with van der Waals surface area (Å²) in [6.45, 7) is 0. The molecule has 0 aliphatic rings. The third-order valence-electron chi connectivity index (χ3n) is 2.52. The molecule has 3 aromatic rings. The van der Waals surface area contributed by atoms with Crippen molar-refractivity contribution in [2.75, 3.05) is 0 Å². The quantitative estimate of drug-likeness (QED) is 0.737. The van der Waals surface area contributed by atoms with Gasteiger partial charge in [-0.15, -0.1) is 0 Å². The van der Waals surface area contributed by atoms with Crippen LogP contribution in [0.15, 0.2) is 41.1 Å². The predicted molar refractivity (Wildman–Crippen MR) is 72.0 cm³/mol. The van der Waals surface area contributed by atoms with Gasteiger partial charge in [-0.05, 0) is 18.2 Å². The second-order valence-corrected chi connectivity index (χ2v) is 4.78. The van der Waals surface area contributed by atoms with Gasteiger partial charge in [0, 0.05) is 27.8 Å². The summed E-state index contributed by atoms with van der Waals surface area (Å²) in [4.78, 5) is 11.6. The fourth-order valence-electron chi connectivity index (χ4n) is 1.81. The molecule has 3 nitrogen and oxygen atoms in total. The minimum atomic E-state index is 0.554. The first kappa shape index (κ1) is 10.7. The SMILES string of the molecule is Clc1[nH]c2cccc(Br)c2c1-c1ncccn1. The standard InChI is InChI=1S/C12H7BrClN3/c13-7-3-1-4-8-9(7)10(11(14)17-8)12-15-5-2-6-16-12/h1-6,17H. The van der Waals surface area contributed by atoms with E-state index in [0.29, 0.717) is 11.0 Å². The molecule has 0 spiro atoms. The maximum Gasteiger partial charge on any atom is 0.162 e. The van der Waals surface area contributed by atoms with Gasteiger partial charge in [0.25, 0.3) is 0 Å². The van der Waals surface area contributed by atoms with E-state index in [1.807, 2.05) is 18.2 Å². The van der Waals surface area contributed by atoms with E-state index in [1.165, 1.54) is 0 Å². The Labute approximate surface area is 111 Å². The smallest absolute Gasteiger partial charge is 0.162 e. The van der Waals surface area contributed by atoms with Gasteiger partial charge in [-0.1, -0.05) is 33.6 Å². The number of rotatable bonds is 1. The minimum absolute atomic E-state index is 0.554. The maximum absolute atomic E-state index is 6.22. The Bertz CT molecular complexity index is 679. The second kappa shape index (κ2) is 4.13.